The van der Waals surface area contributed by atoms with E-state index in [1.54, 1.807) is 0 Å². The zero-order valence-corrected chi connectivity index (χ0v) is 13.8. The molecule has 0 aliphatic heterocycles. The van der Waals surface area contributed by atoms with E-state index in [0.29, 0.717) is 0 Å². The van der Waals surface area contributed by atoms with E-state index < -0.39 is 0 Å². The van der Waals surface area contributed by atoms with Crippen molar-refractivity contribution in [3.8, 4) is 0 Å². The molecule has 0 saturated heterocycles. The van der Waals surface area contributed by atoms with Crippen LogP contribution in [0.15, 0.2) is 71.1 Å². The van der Waals surface area contributed by atoms with Gasteiger partial charge in [-0.3, -0.25) is 0 Å². The van der Waals surface area contributed by atoms with E-state index in [1.807, 2.05) is 0 Å². The Morgan fingerprint density at radius 3 is 2.18 bits per heavy atom. The van der Waals surface area contributed by atoms with Gasteiger partial charge in [0.25, 0.3) is 0 Å². The van der Waals surface area contributed by atoms with Crippen molar-refractivity contribution in [3.63, 3.8) is 0 Å². The molecule has 0 aliphatic rings. The van der Waals surface area contributed by atoms with Gasteiger partial charge in [0.1, 0.15) is 5.58 Å². The van der Waals surface area contributed by atoms with Gasteiger partial charge in [0, 0.05) is 5.39 Å². The number of hydrogen-bond donors (Lipinski definition) is 0. The molecule has 1 aromatic heterocycles. The summed E-state index contributed by atoms with van der Waals surface area (Å²) in [6.07, 6.45) is 0. The normalized spacial score (nSPS) is 11.9. The van der Waals surface area contributed by atoms with Gasteiger partial charge in [-0.2, -0.15) is 0 Å². The van der Waals surface area contributed by atoms with Gasteiger partial charge in [-0.25, -0.2) is 0 Å². The van der Waals surface area contributed by atoms with Crippen LogP contribution in [0.3, 0.4) is 0 Å². The first-order valence-electron chi connectivity index (χ1n) is 7.23. The van der Waals surface area contributed by atoms with Gasteiger partial charge in [-0.05, 0) is 79.2 Å². The molecule has 0 fully saturated rings. The molecular weight excluding hydrogens is 383 g/mol. The van der Waals surface area contributed by atoms with E-state index in [4.69, 9.17) is 4.42 Å². The second-order valence-electron chi connectivity index (χ2n) is 5.61. The number of benzene rings is 4. The molecule has 0 aliphatic carbocycles. The number of rotatable bonds is 0. The lowest BCUT2D eigenvalue weighted by molar-refractivity contribution is 0.584. The maximum absolute atomic E-state index is 5.74. The van der Waals surface area contributed by atoms with Crippen LogP contribution in [-0.4, -0.2) is 0 Å². The highest BCUT2D eigenvalue weighted by Gasteiger charge is 2.09. The zero-order chi connectivity index (χ0) is 14.7. The van der Waals surface area contributed by atoms with E-state index in [2.05, 4.69) is 89.3 Å². The van der Waals surface area contributed by atoms with E-state index >= 15 is 0 Å². The van der Waals surface area contributed by atoms with Crippen molar-refractivity contribution in [1.29, 1.82) is 0 Å². The predicted octanol–water partition coefficient (Wildman–Crippen LogP) is 6.50. The molecular formula is C20H11IO. The SMILES string of the molecule is Ic1cc2c(ccc3c4cc5ccccc5cc4ccc23)o1. The fourth-order valence-corrected chi connectivity index (χ4v) is 3.87. The largest absolute Gasteiger partial charge is 0.450 e. The zero-order valence-electron chi connectivity index (χ0n) is 11.6. The van der Waals surface area contributed by atoms with Crippen LogP contribution in [0.4, 0.5) is 0 Å². The van der Waals surface area contributed by atoms with Gasteiger partial charge in [0.15, 0.2) is 3.77 Å². The molecule has 2 heteroatoms. The lowest BCUT2D eigenvalue weighted by Gasteiger charge is -2.07. The molecule has 0 saturated carbocycles. The summed E-state index contributed by atoms with van der Waals surface area (Å²) < 4.78 is 6.67. The molecule has 0 spiro atoms. The minimum atomic E-state index is 0.929. The Balaban J connectivity index is 2.01. The Hall–Kier alpha value is -2.07. The molecule has 0 radical (unpaired) electrons. The van der Waals surface area contributed by atoms with Gasteiger partial charge in [-0.15, -0.1) is 0 Å². The van der Waals surface area contributed by atoms with Crippen LogP contribution in [0, 0.1) is 3.77 Å². The second-order valence-corrected chi connectivity index (χ2v) is 6.67. The Morgan fingerprint density at radius 1 is 0.591 bits per heavy atom. The molecule has 0 amide bonds. The third-order valence-electron chi connectivity index (χ3n) is 4.35. The highest BCUT2D eigenvalue weighted by molar-refractivity contribution is 14.1. The van der Waals surface area contributed by atoms with Crippen LogP contribution in [0.1, 0.15) is 0 Å². The standard InChI is InChI=1S/C20H11IO/c21-20-11-18-16-6-5-14-9-12-3-1-2-4-13(12)10-17(14)15(16)7-8-19(18)22-20/h1-11H. The average Bonchev–Trinajstić information content (AvgIpc) is 2.93. The third-order valence-corrected chi connectivity index (χ3v) is 4.88. The van der Waals surface area contributed by atoms with Crippen molar-refractivity contribution < 1.29 is 4.42 Å². The van der Waals surface area contributed by atoms with Crippen molar-refractivity contribution in [2.24, 2.45) is 0 Å². The summed E-state index contributed by atoms with van der Waals surface area (Å²) in [6.45, 7) is 0. The highest BCUT2D eigenvalue weighted by atomic mass is 127. The lowest BCUT2D eigenvalue weighted by atomic mass is 9.97. The molecule has 5 aromatic rings. The van der Waals surface area contributed by atoms with Gasteiger partial charge < -0.3 is 4.42 Å². The van der Waals surface area contributed by atoms with E-state index in [1.165, 1.54) is 37.7 Å². The van der Waals surface area contributed by atoms with Gasteiger partial charge in [0.2, 0.25) is 0 Å². The van der Waals surface area contributed by atoms with Crippen LogP contribution in [0.5, 0.6) is 0 Å². The summed E-state index contributed by atoms with van der Waals surface area (Å²) in [5.74, 6) is 0. The maximum atomic E-state index is 5.74. The third kappa shape index (κ3) is 1.70. The fraction of sp³-hybridized carbons (Fsp3) is 0. The van der Waals surface area contributed by atoms with Crippen molar-refractivity contribution in [1.82, 2.24) is 0 Å². The summed E-state index contributed by atoms with van der Waals surface area (Å²) >= 11 is 2.23. The number of furan rings is 1. The molecule has 0 unspecified atom stereocenters. The molecule has 5 rings (SSSR count). The smallest absolute Gasteiger partial charge is 0.165 e. The quantitative estimate of drug-likeness (QED) is 0.166. The number of hydrogen-bond acceptors (Lipinski definition) is 1. The summed E-state index contributed by atoms with van der Waals surface area (Å²) in [7, 11) is 0. The van der Waals surface area contributed by atoms with Gasteiger partial charge in [0.05, 0.1) is 0 Å². The van der Waals surface area contributed by atoms with Crippen molar-refractivity contribution in [2.75, 3.05) is 0 Å². The van der Waals surface area contributed by atoms with Crippen LogP contribution < -0.4 is 0 Å². The van der Waals surface area contributed by atoms with E-state index in [9.17, 15) is 0 Å². The van der Waals surface area contributed by atoms with Crippen molar-refractivity contribution in [2.45, 2.75) is 0 Å². The summed E-state index contributed by atoms with van der Waals surface area (Å²) in [5.41, 5.74) is 0.956. The van der Waals surface area contributed by atoms with Gasteiger partial charge in [-0.1, -0.05) is 42.5 Å². The Morgan fingerprint density at radius 2 is 1.32 bits per heavy atom. The summed E-state index contributed by atoms with van der Waals surface area (Å²) in [5, 5.41) is 8.88. The lowest BCUT2D eigenvalue weighted by Crippen LogP contribution is -1.80. The van der Waals surface area contributed by atoms with Gasteiger partial charge >= 0.3 is 0 Å². The Labute approximate surface area is 140 Å². The monoisotopic (exact) mass is 394 g/mol. The number of fused-ring (bicyclic) bond motifs is 6. The van der Waals surface area contributed by atoms with E-state index in [0.717, 1.165) is 9.35 Å². The highest BCUT2D eigenvalue weighted by Crippen LogP contribution is 2.34. The topological polar surface area (TPSA) is 13.1 Å². The van der Waals surface area contributed by atoms with Crippen LogP contribution in [0.25, 0.3) is 43.3 Å². The Bertz CT molecular complexity index is 1180. The van der Waals surface area contributed by atoms with Crippen LogP contribution in [-0.2, 0) is 0 Å². The maximum Gasteiger partial charge on any atom is 0.165 e. The molecule has 1 nitrogen and oxygen atoms in total. The first-order chi connectivity index (χ1) is 10.8. The van der Waals surface area contributed by atoms with Crippen molar-refractivity contribution in [3.05, 3.63) is 70.5 Å². The molecule has 22 heavy (non-hydrogen) atoms. The van der Waals surface area contributed by atoms with Crippen LogP contribution in [0.2, 0.25) is 0 Å². The minimum Gasteiger partial charge on any atom is -0.450 e. The van der Waals surface area contributed by atoms with Crippen LogP contribution >= 0.6 is 22.6 Å². The first kappa shape index (κ1) is 12.5. The molecule has 1 heterocycles. The summed E-state index contributed by atoms with van der Waals surface area (Å²) in [6, 6.07) is 23.9. The summed E-state index contributed by atoms with van der Waals surface area (Å²) in [4.78, 5) is 0. The molecule has 0 bridgehead atoms. The fourth-order valence-electron chi connectivity index (χ4n) is 3.32. The van der Waals surface area contributed by atoms with Crippen molar-refractivity contribution >= 4 is 65.9 Å². The molecule has 104 valence electrons. The van der Waals surface area contributed by atoms with E-state index in [-0.39, 0.29) is 0 Å². The minimum absolute atomic E-state index is 0.929. The number of halogens is 1. The Kier molecular flexibility index (Phi) is 2.53. The molecule has 4 aromatic carbocycles. The first-order valence-corrected chi connectivity index (χ1v) is 8.31. The molecule has 0 atom stereocenters. The second kappa shape index (κ2) is 4.46. The average molecular weight is 394 g/mol. The molecule has 0 N–H and O–H groups in total. The predicted molar refractivity (Wildman–Crippen MR) is 101 cm³/mol.